The molecule has 0 saturated carbocycles. The fraction of sp³-hybridized carbons (Fsp3) is 0.333. The molecule has 90 valence electrons. The molecule has 0 saturated heterocycles. The molecule has 0 aliphatic carbocycles. The fourth-order valence-electron chi connectivity index (χ4n) is 1.68. The molecule has 0 aliphatic heterocycles. The molecule has 2 heterocycles. The number of hydrogen-bond donors (Lipinski definition) is 0. The van der Waals surface area contributed by atoms with E-state index < -0.39 is 0 Å². The van der Waals surface area contributed by atoms with Crippen LogP contribution in [0, 0.1) is 0 Å². The number of esters is 1. The predicted octanol–water partition coefficient (Wildman–Crippen LogP) is 1.18. The van der Waals surface area contributed by atoms with E-state index in [1.54, 1.807) is 12.1 Å². The Labute approximate surface area is 99.6 Å². The van der Waals surface area contributed by atoms with Crippen LogP contribution in [-0.4, -0.2) is 41.5 Å². The van der Waals surface area contributed by atoms with Crippen LogP contribution < -0.4 is 0 Å². The monoisotopic (exact) mass is 233 g/mol. The van der Waals surface area contributed by atoms with Gasteiger partial charge in [0.15, 0.2) is 0 Å². The van der Waals surface area contributed by atoms with E-state index in [0.717, 1.165) is 17.9 Å². The number of methoxy groups -OCH3 is 1. The first-order valence-corrected chi connectivity index (χ1v) is 5.31. The molecule has 0 aliphatic rings. The first-order chi connectivity index (χ1) is 8.10. The molecular formula is C12H15N3O2. The van der Waals surface area contributed by atoms with Crippen molar-refractivity contribution in [2.24, 2.45) is 0 Å². The van der Waals surface area contributed by atoms with E-state index in [-0.39, 0.29) is 5.97 Å². The van der Waals surface area contributed by atoms with Gasteiger partial charge in [-0.25, -0.2) is 9.78 Å². The highest BCUT2D eigenvalue weighted by Gasteiger charge is 2.08. The molecule has 2 rings (SSSR count). The third kappa shape index (κ3) is 2.45. The summed E-state index contributed by atoms with van der Waals surface area (Å²) in [7, 11) is 5.35. The number of imidazole rings is 1. The van der Waals surface area contributed by atoms with E-state index in [4.69, 9.17) is 0 Å². The van der Waals surface area contributed by atoms with Crippen molar-refractivity contribution in [3.8, 4) is 0 Å². The number of pyridine rings is 1. The maximum Gasteiger partial charge on any atom is 0.338 e. The third-order valence-electron chi connectivity index (χ3n) is 2.41. The van der Waals surface area contributed by atoms with Crippen LogP contribution in [0.25, 0.3) is 5.65 Å². The van der Waals surface area contributed by atoms with Crippen LogP contribution in [0.3, 0.4) is 0 Å². The van der Waals surface area contributed by atoms with E-state index in [0.29, 0.717) is 5.56 Å². The summed E-state index contributed by atoms with van der Waals surface area (Å²) < 4.78 is 6.57. The van der Waals surface area contributed by atoms with Crippen LogP contribution in [0.1, 0.15) is 16.1 Å². The Kier molecular flexibility index (Phi) is 3.10. The van der Waals surface area contributed by atoms with Gasteiger partial charge in [-0.15, -0.1) is 0 Å². The van der Waals surface area contributed by atoms with Crippen LogP contribution in [-0.2, 0) is 11.3 Å². The SMILES string of the molecule is COC(=O)c1ccn2cc(CN(C)C)nc2c1. The molecular weight excluding hydrogens is 218 g/mol. The molecule has 0 spiro atoms. The Hall–Kier alpha value is -1.88. The third-order valence-corrected chi connectivity index (χ3v) is 2.41. The summed E-state index contributed by atoms with van der Waals surface area (Å²) in [5.41, 5.74) is 2.24. The predicted molar refractivity (Wildman–Crippen MR) is 63.9 cm³/mol. The highest BCUT2D eigenvalue weighted by atomic mass is 16.5. The van der Waals surface area contributed by atoms with Crippen molar-refractivity contribution in [1.82, 2.24) is 14.3 Å². The first-order valence-electron chi connectivity index (χ1n) is 5.31. The summed E-state index contributed by atoms with van der Waals surface area (Å²) >= 11 is 0. The molecule has 0 aromatic carbocycles. The van der Waals surface area contributed by atoms with E-state index >= 15 is 0 Å². The van der Waals surface area contributed by atoms with Gasteiger partial charge in [0, 0.05) is 18.9 Å². The Morgan fingerprint density at radius 3 is 2.94 bits per heavy atom. The first kappa shape index (κ1) is 11.6. The molecule has 0 unspecified atom stereocenters. The molecule has 2 aromatic heterocycles. The lowest BCUT2D eigenvalue weighted by atomic mass is 10.3. The molecule has 0 fully saturated rings. The number of carbonyl (C=O) groups excluding carboxylic acids is 1. The van der Waals surface area contributed by atoms with Crippen LogP contribution >= 0.6 is 0 Å². The van der Waals surface area contributed by atoms with E-state index in [1.807, 2.05) is 35.8 Å². The zero-order valence-electron chi connectivity index (χ0n) is 10.2. The number of ether oxygens (including phenoxy) is 1. The Bertz CT molecular complexity index is 546. The van der Waals surface area contributed by atoms with Crippen molar-refractivity contribution >= 4 is 11.6 Å². The van der Waals surface area contributed by atoms with Gasteiger partial charge in [0.25, 0.3) is 0 Å². The number of aromatic nitrogens is 2. The van der Waals surface area contributed by atoms with Gasteiger partial charge in [0.2, 0.25) is 0 Å². The van der Waals surface area contributed by atoms with Crippen LogP contribution in [0.4, 0.5) is 0 Å². The lowest BCUT2D eigenvalue weighted by molar-refractivity contribution is 0.0600. The van der Waals surface area contributed by atoms with Gasteiger partial charge in [0.05, 0.1) is 18.4 Å². The molecule has 0 N–H and O–H groups in total. The van der Waals surface area contributed by atoms with E-state index in [9.17, 15) is 4.79 Å². The Morgan fingerprint density at radius 2 is 2.29 bits per heavy atom. The maximum atomic E-state index is 11.4. The largest absolute Gasteiger partial charge is 0.465 e. The summed E-state index contributed by atoms with van der Waals surface area (Å²) in [6.45, 7) is 0.773. The molecule has 0 amide bonds. The number of hydrogen-bond acceptors (Lipinski definition) is 4. The summed E-state index contributed by atoms with van der Waals surface area (Å²) in [6, 6.07) is 3.45. The molecule has 0 bridgehead atoms. The van der Waals surface area contributed by atoms with E-state index in [2.05, 4.69) is 9.72 Å². The van der Waals surface area contributed by atoms with Crippen LogP contribution in [0.15, 0.2) is 24.5 Å². The van der Waals surface area contributed by atoms with Crippen molar-refractivity contribution in [2.75, 3.05) is 21.2 Å². The summed E-state index contributed by atoms with van der Waals surface area (Å²) in [5.74, 6) is -0.343. The standard InChI is InChI=1S/C12H15N3O2/c1-14(2)7-10-8-15-5-4-9(12(16)17-3)6-11(15)13-10/h4-6,8H,7H2,1-3H3. The quantitative estimate of drug-likeness (QED) is 0.747. The zero-order chi connectivity index (χ0) is 12.4. The summed E-state index contributed by atoms with van der Waals surface area (Å²) in [5, 5.41) is 0. The van der Waals surface area contributed by atoms with Gasteiger partial charge in [-0.3, -0.25) is 0 Å². The van der Waals surface area contributed by atoms with Gasteiger partial charge in [-0.05, 0) is 26.2 Å². The normalized spacial score (nSPS) is 11.1. The number of fused-ring (bicyclic) bond motifs is 1. The number of rotatable bonds is 3. The lowest BCUT2D eigenvalue weighted by Crippen LogP contribution is -2.10. The summed E-state index contributed by atoms with van der Waals surface area (Å²) in [4.78, 5) is 17.9. The van der Waals surface area contributed by atoms with Crippen LogP contribution in [0.5, 0.6) is 0 Å². The average Bonchev–Trinajstić information content (AvgIpc) is 2.67. The number of nitrogens with zero attached hydrogens (tertiary/aromatic N) is 3. The van der Waals surface area contributed by atoms with Crippen molar-refractivity contribution in [1.29, 1.82) is 0 Å². The fourth-order valence-corrected chi connectivity index (χ4v) is 1.68. The smallest absolute Gasteiger partial charge is 0.338 e. The van der Waals surface area contributed by atoms with Gasteiger partial charge in [-0.2, -0.15) is 0 Å². The second-order valence-electron chi connectivity index (χ2n) is 4.14. The Balaban J connectivity index is 2.37. The highest BCUT2D eigenvalue weighted by Crippen LogP contribution is 2.10. The minimum absolute atomic E-state index is 0.343. The second kappa shape index (κ2) is 4.55. The maximum absolute atomic E-state index is 11.4. The molecule has 5 nitrogen and oxygen atoms in total. The highest BCUT2D eigenvalue weighted by molar-refractivity contribution is 5.90. The van der Waals surface area contributed by atoms with Gasteiger partial charge >= 0.3 is 5.97 Å². The van der Waals surface area contributed by atoms with E-state index in [1.165, 1.54) is 7.11 Å². The molecule has 0 radical (unpaired) electrons. The van der Waals surface area contributed by atoms with Gasteiger partial charge < -0.3 is 14.0 Å². The number of carbonyl (C=O) groups is 1. The molecule has 0 atom stereocenters. The molecule has 2 aromatic rings. The minimum atomic E-state index is -0.343. The van der Waals surface area contributed by atoms with Crippen molar-refractivity contribution in [2.45, 2.75) is 6.54 Å². The van der Waals surface area contributed by atoms with Gasteiger partial charge in [-0.1, -0.05) is 0 Å². The van der Waals surface area contributed by atoms with Crippen molar-refractivity contribution in [3.05, 3.63) is 35.8 Å². The topological polar surface area (TPSA) is 46.8 Å². The summed E-state index contributed by atoms with van der Waals surface area (Å²) in [6.07, 6.45) is 3.77. The van der Waals surface area contributed by atoms with Gasteiger partial charge in [0.1, 0.15) is 5.65 Å². The molecule has 5 heteroatoms. The second-order valence-corrected chi connectivity index (χ2v) is 4.14. The van der Waals surface area contributed by atoms with Crippen molar-refractivity contribution in [3.63, 3.8) is 0 Å². The molecule has 17 heavy (non-hydrogen) atoms. The lowest BCUT2D eigenvalue weighted by Gasteiger charge is -2.04. The zero-order valence-corrected chi connectivity index (χ0v) is 10.2. The average molecular weight is 233 g/mol. The minimum Gasteiger partial charge on any atom is -0.465 e. The Morgan fingerprint density at radius 1 is 1.53 bits per heavy atom. The van der Waals surface area contributed by atoms with Crippen LogP contribution in [0.2, 0.25) is 0 Å². The van der Waals surface area contributed by atoms with Crippen molar-refractivity contribution < 1.29 is 9.53 Å².